The number of rotatable bonds is 7. The molecule has 0 bridgehead atoms. The van der Waals surface area contributed by atoms with Crippen molar-refractivity contribution in [3.63, 3.8) is 0 Å². The van der Waals surface area contributed by atoms with Crippen LogP contribution in [0.5, 0.6) is 0 Å². The van der Waals surface area contributed by atoms with Crippen molar-refractivity contribution in [1.82, 2.24) is 0 Å². The Bertz CT molecular complexity index is 190. The molecule has 2 nitrogen and oxygen atoms in total. The van der Waals surface area contributed by atoms with Gasteiger partial charge in [-0.1, -0.05) is 19.1 Å². The van der Waals surface area contributed by atoms with Crippen molar-refractivity contribution in [2.75, 3.05) is 0 Å². The standard InChI is InChI=1S/C11H19ClO2/c1-3-4-5-6-7-10(12)11(14)8-9(2)13/h4-5,10-11,14H,3,6-8H2,1-2H3/b5-4+/t10-,11+/m1/s1. The normalized spacial score (nSPS) is 15.7. The molecule has 1 N–H and O–H groups in total. The molecule has 0 aromatic rings. The number of alkyl halides is 1. The summed E-state index contributed by atoms with van der Waals surface area (Å²) in [7, 11) is 0. The highest BCUT2D eigenvalue weighted by molar-refractivity contribution is 6.21. The van der Waals surface area contributed by atoms with Gasteiger partial charge in [-0.3, -0.25) is 4.79 Å². The van der Waals surface area contributed by atoms with E-state index < -0.39 is 6.10 Å². The van der Waals surface area contributed by atoms with Crippen LogP contribution in [0.3, 0.4) is 0 Å². The number of ketones is 1. The number of halogens is 1. The average molecular weight is 219 g/mol. The summed E-state index contributed by atoms with van der Waals surface area (Å²) < 4.78 is 0. The second-order valence-corrected chi connectivity index (χ2v) is 4.01. The topological polar surface area (TPSA) is 37.3 Å². The first-order chi connectivity index (χ1) is 6.57. The molecule has 2 atom stereocenters. The summed E-state index contributed by atoms with van der Waals surface area (Å²) in [5, 5.41) is 9.15. The highest BCUT2D eigenvalue weighted by Crippen LogP contribution is 2.13. The Morgan fingerprint density at radius 2 is 2.14 bits per heavy atom. The molecule has 0 saturated carbocycles. The smallest absolute Gasteiger partial charge is 0.132 e. The number of hydrogen-bond acceptors (Lipinski definition) is 2. The van der Waals surface area contributed by atoms with Gasteiger partial charge in [-0.05, 0) is 26.2 Å². The molecule has 0 aliphatic heterocycles. The lowest BCUT2D eigenvalue weighted by atomic mass is 10.1. The molecule has 0 aromatic carbocycles. The van der Waals surface area contributed by atoms with Crippen LogP contribution in [0, 0.1) is 0 Å². The van der Waals surface area contributed by atoms with Gasteiger partial charge in [-0.15, -0.1) is 11.6 Å². The fourth-order valence-corrected chi connectivity index (χ4v) is 1.37. The monoisotopic (exact) mass is 218 g/mol. The quantitative estimate of drug-likeness (QED) is 0.527. The van der Waals surface area contributed by atoms with Crippen molar-refractivity contribution < 1.29 is 9.90 Å². The maximum atomic E-state index is 10.7. The largest absolute Gasteiger partial charge is 0.391 e. The van der Waals surface area contributed by atoms with E-state index in [-0.39, 0.29) is 17.6 Å². The summed E-state index contributed by atoms with van der Waals surface area (Å²) in [6.07, 6.45) is 6.17. The van der Waals surface area contributed by atoms with Gasteiger partial charge in [-0.25, -0.2) is 0 Å². The molecule has 0 rings (SSSR count). The lowest BCUT2D eigenvalue weighted by Crippen LogP contribution is -2.23. The summed E-state index contributed by atoms with van der Waals surface area (Å²) in [4.78, 5) is 10.7. The van der Waals surface area contributed by atoms with Crippen LogP contribution in [-0.2, 0) is 4.79 Å². The third kappa shape index (κ3) is 7.10. The highest BCUT2D eigenvalue weighted by atomic mass is 35.5. The minimum absolute atomic E-state index is 0.0211. The molecule has 0 heterocycles. The van der Waals surface area contributed by atoms with E-state index in [1.165, 1.54) is 6.92 Å². The highest BCUT2D eigenvalue weighted by Gasteiger charge is 2.16. The number of Topliss-reactive ketones (excluding diaryl/α,β-unsaturated/α-hetero) is 1. The Labute approximate surface area is 91.0 Å². The van der Waals surface area contributed by atoms with Gasteiger partial charge in [0.05, 0.1) is 11.5 Å². The van der Waals surface area contributed by atoms with Crippen molar-refractivity contribution in [1.29, 1.82) is 0 Å². The van der Waals surface area contributed by atoms with Crippen molar-refractivity contribution in [2.45, 2.75) is 51.0 Å². The molecule has 0 amide bonds. The second kappa shape index (κ2) is 8.01. The van der Waals surface area contributed by atoms with E-state index in [0.29, 0.717) is 6.42 Å². The molecule has 0 spiro atoms. The Morgan fingerprint density at radius 3 is 2.64 bits per heavy atom. The molecule has 82 valence electrons. The van der Waals surface area contributed by atoms with Crippen molar-refractivity contribution >= 4 is 17.4 Å². The van der Waals surface area contributed by atoms with Gasteiger partial charge in [0.25, 0.3) is 0 Å². The van der Waals surface area contributed by atoms with Crippen LogP contribution in [0.15, 0.2) is 12.2 Å². The molecule has 14 heavy (non-hydrogen) atoms. The summed E-state index contributed by atoms with van der Waals surface area (Å²) in [5.41, 5.74) is 0. The van der Waals surface area contributed by atoms with Crippen LogP contribution in [0.1, 0.15) is 39.5 Å². The third-order valence-corrected chi connectivity index (χ3v) is 2.43. The fourth-order valence-electron chi connectivity index (χ4n) is 1.15. The Morgan fingerprint density at radius 1 is 1.50 bits per heavy atom. The third-order valence-electron chi connectivity index (χ3n) is 1.93. The minimum atomic E-state index is -0.704. The van der Waals surface area contributed by atoms with E-state index in [0.717, 1.165) is 12.8 Å². The molecular formula is C11H19ClO2. The number of aliphatic hydroxyl groups is 1. The maximum Gasteiger partial charge on any atom is 0.132 e. The Kier molecular flexibility index (Phi) is 7.81. The first kappa shape index (κ1) is 13.7. The second-order valence-electron chi connectivity index (χ2n) is 3.45. The molecule has 0 aromatic heterocycles. The fraction of sp³-hybridized carbons (Fsp3) is 0.727. The predicted molar refractivity (Wildman–Crippen MR) is 59.6 cm³/mol. The van der Waals surface area contributed by atoms with Gasteiger partial charge in [0, 0.05) is 6.42 Å². The first-order valence-corrected chi connectivity index (χ1v) is 5.48. The van der Waals surface area contributed by atoms with Crippen molar-refractivity contribution in [2.24, 2.45) is 0 Å². The summed E-state index contributed by atoms with van der Waals surface area (Å²) >= 11 is 5.92. The van der Waals surface area contributed by atoms with E-state index in [1.807, 2.05) is 0 Å². The first-order valence-electron chi connectivity index (χ1n) is 5.04. The van der Waals surface area contributed by atoms with Crippen LogP contribution >= 0.6 is 11.6 Å². The SMILES string of the molecule is CC/C=C/CC[C@@H](Cl)[C@@H](O)CC(C)=O. The van der Waals surface area contributed by atoms with Crippen LogP contribution in [0.2, 0.25) is 0 Å². The zero-order valence-corrected chi connectivity index (χ0v) is 9.63. The Hall–Kier alpha value is -0.340. The maximum absolute atomic E-state index is 10.7. The van der Waals surface area contributed by atoms with Gasteiger partial charge < -0.3 is 5.11 Å². The molecule has 0 radical (unpaired) electrons. The molecular weight excluding hydrogens is 200 g/mol. The summed E-state index contributed by atoms with van der Waals surface area (Å²) in [6.45, 7) is 3.53. The van der Waals surface area contributed by atoms with Crippen molar-refractivity contribution in [3.05, 3.63) is 12.2 Å². The van der Waals surface area contributed by atoms with Crippen LogP contribution in [0.4, 0.5) is 0 Å². The number of hydrogen-bond donors (Lipinski definition) is 1. The van der Waals surface area contributed by atoms with Gasteiger partial charge >= 0.3 is 0 Å². The summed E-state index contributed by atoms with van der Waals surface area (Å²) in [6, 6.07) is 0. The lowest BCUT2D eigenvalue weighted by molar-refractivity contribution is -0.118. The molecule has 0 aliphatic carbocycles. The average Bonchev–Trinajstić information content (AvgIpc) is 2.11. The molecule has 0 unspecified atom stereocenters. The van der Waals surface area contributed by atoms with Gasteiger partial charge in [0.15, 0.2) is 0 Å². The van der Waals surface area contributed by atoms with E-state index in [2.05, 4.69) is 19.1 Å². The van der Waals surface area contributed by atoms with Crippen LogP contribution in [-0.4, -0.2) is 22.4 Å². The molecule has 3 heteroatoms. The van der Waals surface area contributed by atoms with Gasteiger partial charge in [0.1, 0.15) is 5.78 Å². The van der Waals surface area contributed by atoms with Gasteiger partial charge in [-0.2, -0.15) is 0 Å². The summed E-state index contributed by atoms with van der Waals surface area (Å²) in [5.74, 6) is -0.0211. The number of aliphatic hydroxyl groups excluding tert-OH is 1. The van der Waals surface area contributed by atoms with E-state index in [1.54, 1.807) is 0 Å². The van der Waals surface area contributed by atoms with Crippen LogP contribution in [0.25, 0.3) is 0 Å². The van der Waals surface area contributed by atoms with Crippen LogP contribution < -0.4 is 0 Å². The molecule has 0 fully saturated rings. The minimum Gasteiger partial charge on any atom is -0.391 e. The Balaban J connectivity index is 3.66. The lowest BCUT2D eigenvalue weighted by Gasteiger charge is -2.14. The van der Waals surface area contributed by atoms with Crippen molar-refractivity contribution in [3.8, 4) is 0 Å². The molecule has 0 aliphatic rings. The number of carbonyl (C=O) groups excluding carboxylic acids is 1. The molecule has 0 saturated heterocycles. The number of carbonyl (C=O) groups is 1. The van der Waals surface area contributed by atoms with E-state index in [4.69, 9.17) is 11.6 Å². The zero-order chi connectivity index (χ0) is 11.0. The van der Waals surface area contributed by atoms with Gasteiger partial charge in [0.2, 0.25) is 0 Å². The number of allylic oxidation sites excluding steroid dienone is 2. The predicted octanol–water partition coefficient (Wildman–Crippen LogP) is 2.68. The zero-order valence-electron chi connectivity index (χ0n) is 8.87. The van der Waals surface area contributed by atoms with E-state index in [9.17, 15) is 9.90 Å². The van der Waals surface area contributed by atoms with E-state index >= 15 is 0 Å².